The molecule has 0 saturated carbocycles. The van der Waals surface area contributed by atoms with Gasteiger partial charge in [-0.2, -0.15) is 0 Å². The molecule has 1 fully saturated rings. The van der Waals surface area contributed by atoms with Crippen LogP contribution < -0.4 is 0 Å². The average Bonchev–Trinajstić information content (AvgIpc) is 2.81. The van der Waals surface area contributed by atoms with Crippen LogP contribution in [-0.4, -0.2) is 22.3 Å². The smallest absolute Gasteiger partial charge is 0.318 e. The summed E-state index contributed by atoms with van der Waals surface area (Å²) in [6, 6.07) is 6.19. The fourth-order valence-corrected chi connectivity index (χ4v) is 3.86. The molecule has 1 heterocycles. The number of hydrogen-bond donors (Lipinski definition) is 0. The minimum absolute atomic E-state index is 0.0388. The van der Waals surface area contributed by atoms with E-state index >= 15 is 0 Å². The Balaban J connectivity index is 2.40. The molecule has 0 spiro atoms. The molecule has 1 aromatic carbocycles. The summed E-state index contributed by atoms with van der Waals surface area (Å²) in [6.45, 7) is 5.80. The quantitative estimate of drug-likeness (QED) is 0.305. The van der Waals surface area contributed by atoms with E-state index in [0.717, 1.165) is 12.8 Å². The van der Waals surface area contributed by atoms with Crippen molar-refractivity contribution in [3.63, 3.8) is 0 Å². The molecule has 0 aliphatic carbocycles. The zero-order valence-electron chi connectivity index (χ0n) is 15.0. The molecule has 2 atom stereocenters. The number of carbonyl (C=O) groups excluding carboxylic acids is 2. The SMILES string of the molecule is CCCC1(CCC)OC(=O)C(C(CC)c2cccc([N+](=O)[O-])c2)C1=O. The van der Waals surface area contributed by atoms with Gasteiger partial charge in [-0.3, -0.25) is 19.7 Å². The zero-order chi connectivity index (χ0) is 18.6. The Hall–Kier alpha value is -2.24. The van der Waals surface area contributed by atoms with E-state index in [9.17, 15) is 19.7 Å². The van der Waals surface area contributed by atoms with Crippen LogP contribution in [0.25, 0.3) is 0 Å². The first-order valence-corrected chi connectivity index (χ1v) is 8.91. The van der Waals surface area contributed by atoms with Gasteiger partial charge in [-0.15, -0.1) is 0 Å². The van der Waals surface area contributed by atoms with Crippen LogP contribution in [0.4, 0.5) is 5.69 Å². The number of carbonyl (C=O) groups is 2. The van der Waals surface area contributed by atoms with Crippen LogP contribution >= 0.6 is 0 Å². The van der Waals surface area contributed by atoms with Crippen LogP contribution in [0.5, 0.6) is 0 Å². The van der Waals surface area contributed by atoms with Gasteiger partial charge < -0.3 is 4.74 Å². The van der Waals surface area contributed by atoms with Crippen molar-refractivity contribution in [3.8, 4) is 0 Å². The number of ketones is 1. The number of cyclic esters (lactones) is 1. The normalized spacial score (nSPS) is 20.4. The molecule has 136 valence electrons. The van der Waals surface area contributed by atoms with Crippen molar-refractivity contribution in [2.24, 2.45) is 5.92 Å². The molecule has 1 aliphatic heterocycles. The molecule has 6 nitrogen and oxygen atoms in total. The highest BCUT2D eigenvalue weighted by Gasteiger charge is 2.56. The van der Waals surface area contributed by atoms with E-state index < -0.39 is 28.3 Å². The molecule has 0 aromatic heterocycles. The monoisotopic (exact) mass is 347 g/mol. The number of Topliss-reactive ketones (excluding diaryl/α,β-unsaturated/α-hetero) is 1. The Labute approximate surface area is 147 Å². The molecule has 1 aromatic rings. The Morgan fingerprint density at radius 3 is 2.36 bits per heavy atom. The van der Waals surface area contributed by atoms with Gasteiger partial charge >= 0.3 is 5.97 Å². The van der Waals surface area contributed by atoms with Crippen LogP contribution in [-0.2, 0) is 14.3 Å². The second kappa shape index (κ2) is 7.76. The summed E-state index contributed by atoms with van der Waals surface area (Å²) < 4.78 is 5.61. The molecular weight excluding hydrogens is 322 g/mol. The third-order valence-electron chi connectivity index (χ3n) is 4.94. The van der Waals surface area contributed by atoms with Crippen molar-refractivity contribution >= 4 is 17.4 Å². The Morgan fingerprint density at radius 1 is 1.20 bits per heavy atom. The zero-order valence-corrected chi connectivity index (χ0v) is 15.0. The second-order valence-electron chi connectivity index (χ2n) is 6.62. The van der Waals surface area contributed by atoms with Gasteiger partial charge in [-0.1, -0.05) is 45.7 Å². The van der Waals surface area contributed by atoms with Crippen LogP contribution in [0, 0.1) is 16.0 Å². The van der Waals surface area contributed by atoms with Crippen molar-refractivity contribution in [2.75, 3.05) is 0 Å². The first-order valence-electron chi connectivity index (χ1n) is 8.91. The number of hydrogen-bond acceptors (Lipinski definition) is 5. The van der Waals surface area contributed by atoms with E-state index in [1.807, 2.05) is 20.8 Å². The number of ether oxygens (including phenoxy) is 1. The van der Waals surface area contributed by atoms with E-state index in [-0.39, 0.29) is 11.5 Å². The Bertz CT molecular complexity index is 664. The average molecular weight is 347 g/mol. The maximum atomic E-state index is 13.1. The van der Waals surface area contributed by atoms with Crippen LogP contribution in [0.15, 0.2) is 24.3 Å². The fourth-order valence-electron chi connectivity index (χ4n) is 3.86. The van der Waals surface area contributed by atoms with Crippen molar-refractivity contribution in [1.29, 1.82) is 0 Å². The highest BCUT2D eigenvalue weighted by atomic mass is 16.6. The van der Waals surface area contributed by atoms with Gasteiger partial charge in [0.15, 0.2) is 11.4 Å². The minimum Gasteiger partial charge on any atom is -0.450 e. The molecule has 1 aliphatic rings. The van der Waals surface area contributed by atoms with Crippen molar-refractivity contribution in [3.05, 3.63) is 39.9 Å². The standard InChI is InChI=1S/C19H25NO5/c1-4-10-19(11-5-2)17(21)16(18(22)25-19)15(6-3)13-8-7-9-14(12-13)20(23)24/h7-9,12,15-16H,4-6,10-11H2,1-3H3. The summed E-state index contributed by atoms with van der Waals surface area (Å²) in [4.78, 5) is 36.3. The lowest BCUT2D eigenvalue weighted by Crippen LogP contribution is -2.38. The number of esters is 1. The summed E-state index contributed by atoms with van der Waals surface area (Å²) in [5.74, 6) is -1.95. The van der Waals surface area contributed by atoms with E-state index in [1.54, 1.807) is 12.1 Å². The van der Waals surface area contributed by atoms with E-state index in [4.69, 9.17) is 4.74 Å². The predicted octanol–water partition coefficient (Wildman–Crippen LogP) is 4.17. The number of nitro groups is 1. The first-order chi connectivity index (χ1) is 11.9. The first kappa shape index (κ1) is 19.1. The van der Waals surface area contributed by atoms with Gasteiger partial charge in [-0.05, 0) is 24.8 Å². The maximum Gasteiger partial charge on any atom is 0.318 e. The molecule has 0 N–H and O–H groups in total. The molecule has 2 rings (SSSR count). The van der Waals surface area contributed by atoms with E-state index in [1.165, 1.54) is 12.1 Å². The highest BCUT2D eigenvalue weighted by molar-refractivity contribution is 6.09. The van der Waals surface area contributed by atoms with E-state index in [2.05, 4.69) is 0 Å². The lowest BCUT2D eigenvalue weighted by atomic mass is 9.76. The molecule has 0 bridgehead atoms. The second-order valence-corrected chi connectivity index (χ2v) is 6.62. The van der Waals surface area contributed by atoms with E-state index in [0.29, 0.717) is 24.8 Å². The lowest BCUT2D eigenvalue weighted by Gasteiger charge is -2.26. The molecule has 1 saturated heterocycles. The minimum atomic E-state index is -1.03. The Morgan fingerprint density at radius 2 is 1.84 bits per heavy atom. The fraction of sp³-hybridized carbons (Fsp3) is 0.579. The van der Waals surface area contributed by atoms with Gasteiger partial charge in [0, 0.05) is 18.1 Å². The number of rotatable bonds is 8. The van der Waals surface area contributed by atoms with Crippen molar-refractivity contribution < 1.29 is 19.2 Å². The van der Waals surface area contributed by atoms with Crippen LogP contribution in [0.3, 0.4) is 0 Å². The summed E-state index contributed by atoms with van der Waals surface area (Å²) >= 11 is 0. The largest absolute Gasteiger partial charge is 0.450 e. The van der Waals surface area contributed by atoms with Gasteiger partial charge in [0.2, 0.25) is 0 Å². The summed E-state index contributed by atoms with van der Waals surface area (Å²) in [6.07, 6.45) is 3.07. The van der Waals surface area contributed by atoms with Crippen LogP contribution in [0.1, 0.15) is 64.4 Å². The number of non-ortho nitro benzene ring substituents is 1. The lowest BCUT2D eigenvalue weighted by molar-refractivity contribution is -0.384. The third kappa shape index (κ3) is 3.57. The molecule has 0 radical (unpaired) electrons. The molecule has 0 amide bonds. The number of benzene rings is 1. The highest BCUT2D eigenvalue weighted by Crippen LogP contribution is 2.43. The summed E-state index contributed by atoms with van der Waals surface area (Å²) in [7, 11) is 0. The van der Waals surface area contributed by atoms with Crippen molar-refractivity contribution in [2.45, 2.75) is 64.4 Å². The van der Waals surface area contributed by atoms with Gasteiger partial charge in [0.05, 0.1) is 4.92 Å². The summed E-state index contributed by atoms with van der Waals surface area (Å²) in [5.41, 5.74) is -0.432. The number of nitrogens with zero attached hydrogens (tertiary/aromatic N) is 1. The Kier molecular flexibility index (Phi) is 5.93. The maximum absolute atomic E-state index is 13.1. The van der Waals surface area contributed by atoms with Crippen LogP contribution in [0.2, 0.25) is 0 Å². The molecule has 2 unspecified atom stereocenters. The number of nitro benzene ring substituents is 1. The molecule has 6 heteroatoms. The van der Waals surface area contributed by atoms with Crippen molar-refractivity contribution in [1.82, 2.24) is 0 Å². The molecule has 25 heavy (non-hydrogen) atoms. The van der Waals surface area contributed by atoms with Gasteiger partial charge in [0.25, 0.3) is 5.69 Å². The predicted molar refractivity (Wildman–Crippen MR) is 93.3 cm³/mol. The summed E-state index contributed by atoms with van der Waals surface area (Å²) in [5, 5.41) is 11.0. The third-order valence-corrected chi connectivity index (χ3v) is 4.94. The van der Waals surface area contributed by atoms with Gasteiger partial charge in [-0.25, -0.2) is 0 Å². The molecular formula is C19H25NO5. The van der Waals surface area contributed by atoms with Gasteiger partial charge in [0.1, 0.15) is 5.92 Å². The topological polar surface area (TPSA) is 86.5 Å².